The first kappa shape index (κ1) is 17.7. The third kappa shape index (κ3) is 3.45. The Kier molecular flexibility index (Phi) is 4.54. The number of anilines is 3. The maximum atomic E-state index is 12.7. The predicted molar refractivity (Wildman–Crippen MR) is 108 cm³/mol. The average molecular weight is 376 g/mol. The van der Waals surface area contributed by atoms with Gasteiger partial charge in [0.15, 0.2) is 0 Å². The van der Waals surface area contributed by atoms with Gasteiger partial charge in [-0.1, -0.05) is 17.7 Å². The molecule has 0 unspecified atom stereocenters. The lowest BCUT2D eigenvalue weighted by atomic mass is 10.1. The van der Waals surface area contributed by atoms with Crippen LogP contribution in [0.3, 0.4) is 0 Å². The maximum Gasteiger partial charge on any atom is 0.281 e. The minimum atomic E-state index is -0.330. The number of carbonyl (C=O) groups excluding carboxylic acids is 1. The molecule has 4 rings (SSSR count). The van der Waals surface area contributed by atoms with Crippen LogP contribution in [-0.4, -0.2) is 27.7 Å². The molecule has 0 amide bonds. The van der Waals surface area contributed by atoms with Gasteiger partial charge in [0.1, 0.15) is 11.3 Å². The predicted octanol–water partition coefficient (Wildman–Crippen LogP) is 3.07. The van der Waals surface area contributed by atoms with E-state index in [9.17, 15) is 4.79 Å². The Morgan fingerprint density at radius 1 is 1.21 bits per heavy atom. The molecule has 0 aliphatic carbocycles. The van der Waals surface area contributed by atoms with E-state index in [0.717, 1.165) is 32.7 Å². The number of rotatable bonds is 5. The van der Waals surface area contributed by atoms with E-state index in [1.54, 1.807) is 12.1 Å². The van der Waals surface area contributed by atoms with E-state index in [0.29, 0.717) is 12.1 Å². The Balaban J connectivity index is 1.58. The molecule has 28 heavy (non-hydrogen) atoms. The van der Waals surface area contributed by atoms with Crippen molar-refractivity contribution in [2.24, 2.45) is 0 Å². The molecule has 142 valence electrons. The van der Waals surface area contributed by atoms with Crippen molar-refractivity contribution in [1.29, 1.82) is 0 Å². The summed E-state index contributed by atoms with van der Waals surface area (Å²) in [5, 5.41) is 11.3. The van der Waals surface area contributed by atoms with Crippen molar-refractivity contribution >= 4 is 34.5 Å². The maximum absolute atomic E-state index is 12.7. The number of nitrogen functional groups attached to an aromatic ring is 1. The lowest BCUT2D eigenvalue weighted by Crippen LogP contribution is -2.16. The van der Waals surface area contributed by atoms with Crippen molar-refractivity contribution in [1.82, 2.24) is 20.1 Å². The van der Waals surface area contributed by atoms with Crippen LogP contribution in [0.1, 0.15) is 21.7 Å². The van der Waals surface area contributed by atoms with Crippen molar-refractivity contribution in [2.45, 2.75) is 13.5 Å². The van der Waals surface area contributed by atoms with Crippen LogP contribution >= 0.6 is 0 Å². The summed E-state index contributed by atoms with van der Waals surface area (Å²) < 4.78 is 6.83. The van der Waals surface area contributed by atoms with Crippen LogP contribution < -0.4 is 16.4 Å². The number of nitrogens with two attached hydrogens (primary N) is 1. The second kappa shape index (κ2) is 7.16. The fourth-order valence-electron chi connectivity index (χ4n) is 2.99. The molecule has 8 nitrogen and oxygen atoms in total. The second-order valence-electron chi connectivity index (χ2n) is 6.50. The van der Waals surface area contributed by atoms with Crippen molar-refractivity contribution in [3.63, 3.8) is 0 Å². The third-order valence-electron chi connectivity index (χ3n) is 4.26. The number of benzene rings is 2. The minimum Gasteiger partial charge on any atom is -0.460 e. The summed E-state index contributed by atoms with van der Waals surface area (Å²) >= 11 is 0. The van der Waals surface area contributed by atoms with Gasteiger partial charge in [-0.2, -0.15) is 9.67 Å². The van der Waals surface area contributed by atoms with E-state index in [4.69, 9.17) is 10.2 Å². The number of aromatic nitrogens is 3. The SMILES string of the molecule is CNCc1cc2cc(Nc3nc(N)n(C(=O)c4cccc(C)c4)n3)ccc2o1. The highest BCUT2D eigenvalue weighted by molar-refractivity contribution is 5.97. The number of aryl methyl sites for hydroxylation is 1. The van der Waals surface area contributed by atoms with Crippen LogP contribution in [0.25, 0.3) is 11.0 Å². The fraction of sp³-hybridized carbons (Fsp3) is 0.150. The van der Waals surface area contributed by atoms with Crippen LogP contribution in [0.2, 0.25) is 0 Å². The smallest absolute Gasteiger partial charge is 0.281 e. The minimum absolute atomic E-state index is 0.0229. The largest absolute Gasteiger partial charge is 0.460 e. The normalized spacial score (nSPS) is 11.1. The molecule has 2 aromatic heterocycles. The van der Waals surface area contributed by atoms with E-state index < -0.39 is 0 Å². The Labute approximate surface area is 161 Å². The highest BCUT2D eigenvalue weighted by atomic mass is 16.3. The fourth-order valence-corrected chi connectivity index (χ4v) is 2.99. The van der Waals surface area contributed by atoms with E-state index in [2.05, 4.69) is 20.7 Å². The highest BCUT2D eigenvalue weighted by Crippen LogP contribution is 2.25. The van der Waals surface area contributed by atoms with Crippen LogP contribution in [0.5, 0.6) is 0 Å². The topological polar surface area (TPSA) is 111 Å². The molecule has 0 spiro atoms. The quantitative estimate of drug-likeness (QED) is 0.491. The van der Waals surface area contributed by atoms with Gasteiger partial charge in [0, 0.05) is 16.6 Å². The number of hydrogen-bond acceptors (Lipinski definition) is 7. The van der Waals surface area contributed by atoms with Crippen molar-refractivity contribution in [2.75, 3.05) is 18.1 Å². The zero-order chi connectivity index (χ0) is 19.7. The number of nitrogens with zero attached hydrogens (tertiary/aromatic N) is 3. The summed E-state index contributed by atoms with van der Waals surface area (Å²) in [5.41, 5.74) is 8.95. The van der Waals surface area contributed by atoms with E-state index in [1.165, 1.54) is 0 Å². The Morgan fingerprint density at radius 3 is 2.86 bits per heavy atom. The molecule has 4 aromatic rings. The van der Waals surface area contributed by atoms with E-state index in [-0.39, 0.29) is 17.8 Å². The van der Waals surface area contributed by atoms with Crippen LogP contribution in [0.15, 0.2) is 52.9 Å². The Morgan fingerprint density at radius 2 is 2.07 bits per heavy atom. The second-order valence-corrected chi connectivity index (χ2v) is 6.50. The van der Waals surface area contributed by atoms with Crippen LogP contribution in [0, 0.1) is 6.92 Å². The molecule has 0 atom stereocenters. The number of nitrogens with one attached hydrogen (secondary N) is 2. The molecule has 0 saturated heterocycles. The average Bonchev–Trinajstić information content (AvgIpc) is 3.23. The molecule has 2 aromatic carbocycles. The molecule has 0 radical (unpaired) electrons. The molecule has 0 aliphatic heterocycles. The highest BCUT2D eigenvalue weighted by Gasteiger charge is 2.16. The monoisotopic (exact) mass is 376 g/mol. The van der Waals surface area contributed by atoms with Crippen molar-refractivity contribution in [3.8, 4) is 0 Å². The van der Waals surface area contributed by atoms with Crippen LogP contribution in [-0.2, 0) is 6.54 Å². The number of fused-ring (bicyclic) bond motifs is 1. The van der Waals surface area contributed by atoms with Gasteiger partial charge in [-0.25, -0.2) is 0 Å². The lowest BCUT2D eigenvalue weighted by Gasteiger charge is -2.03. The molecule has 0 bridgehead atoms. The summed E-state index contributed by atoms with van der Waals surface area (Å²) in [7, 11) is 1.87. The van der Waals surface area contributed by atoms with Gasteiger partial charge in [-0.05, 0) is 50.4 Å². The molecule has 8 heteroatoms. The molecule has 0 saturated carbocycles. The summed E-state index contributed by atoms with van der Waals surface area (Å²) in [5.74, 6) is 0.792. The van der Waals surface area contributed by atoms with E-state index in [1.807, 2.05) is 50.4 Å². The first-order valence-electron chi connectivity index (χ1n) is 8.81. The number of furan rings is 1. The van der Waals surface area contributed by atoms with Gasteiger partial charge < -0.3 is 20.8 Å². The standard InChI is InChI=1S/C20H20N6O2/c1-12-4-3-5-13(8-12)18(27)26-19(21)24-20(25-26)23-15-6-7-17-14(9-15)10-16(28-17)11-22-2/h3-10,22H,11H2,1-2H3,(H3,21,23,24,25). The van der Waals surface area contributed by atoms with E-state index >= 15 is 0 Å². The molecule has 2 heterocycles. The van der Waals surface area contributed by atoms with Crippen LogP contribution in [0.4, 0.5) is 17.6 Å². The molecule has 0 fully saturated rings. The van der Waals surface area contributed by atoms with Crippen molar-refractivity contribution in [3.05, 3.63) is 65.4 Å². The number of hydrogen-bond donors (Lipinski definition) is 3. The lowest BCUT2D eigenvalue weighted by molar-refractivity contribution is 0.0948. The molecular weight excluding hydrogens is 356 g/mol. The summed E-state index contributed by atoms with van der Waals surface area (Å²) in [6.07, 6.45) is 0. The van der Waals surface area contributed by atoms with Gasteiger partial charge in [0.25, 0.3) is 5.91 Å². The Hall–Kier alpha value is -3.65. The first-order valence-corrected chi connectivity index (χ1v) is 8.81. The zero-order valence-corrected chi connectivity index (χ0v) is 15.6. The van der Waals surface area contributed by atoms with Gasteiger partial charge in [-0.3, -0.25) is 4.79 Å². The zero-order valence-electron chi connectivity index (χ0n) is 15.6. The third-order valence-corrected chi connectivity index (χ3v) is 4.26. The molecular formula is C20H20N6O2. The Bertz CT molecular complexity index is 1160. The molecule has 0 aliphatic rings. The van der Waals surface area contributed by atoms with Gasteiger partial charge in [0.2, 0.25) is 11.9 Å². The molecule has 4 N–H and O–H groups in total. The van der Waals surface area contributed by atoms with Gasteiger partial charge in [0.05, 0.1) is 6.54 Å². The summed E-state index contributed by atoms with van der Waals surface area (Å²) in [4.78, 5) is 16.8. The summed E-state index contributed by atoms with van der Waals surface area (Å²) in [6, 6.07) is 14.9. The van der Waals surface area contributed by atoms with Crippen molar-refractivity contribution < 1.29 is 9.21 Å². The van der Waals surface area contributed by atoms with Gasteiger partial charge in [-0.15, -0.1) is 5.10 Å². The number of carbonyl (C=O) groups is 1. The summed E-state index contributed by atoms with van der Waals surface area (Å²) in [6.45, 7) is 2.57. The first-order chi connectivity index (χ1) is 13.5. The van der Waals surface area contributed by atoms with Gasteiger partial charge >= 0.3 is 0 Å².